The number of benzene rings is 1. The van der Waals surface area contributed by atoms with Gasteiger partial charge in [-0.1, -0.05) is 0 Å². The molecule has 0 aliphatic heterocycles. The minimum absolute atomic E-state index is 0.211. The summed E-state index contributed by atoms with van der Waals surface area (Å²) in [5.41, 5.74) is -0.493. The van der Waals surface area contributed by atoms with Crippen molar-refractivity contribution in [2.75, 3.05) is 5.32 Å². The first kappa shape index (κ1) is 14.3. The monoisotopic (exact) mass is 395 g/mol. The standard InChI is InChI=1S/C11H6Br2F3N3/c12-7-4-17-10(18-5-7)19-9-3-6(11(14,15)16)1-2-8(9)13/h1-5H,(H,17,18,19). The number of hydrogen-bond donors (Lipinski definition) is 1. The first-order valence-electron chi connectivity index (χ1n) is 4.97. The molecule has 3 nitrogen and oxygen atoms in total. The van der Waals surface area contributed by atoms with Crippen LogP contribution in [0.3, 0.4) is 0 Å². The second kappa shape index (κ2) is 5.46. The summed E-state index contributed by atoms with van der Waals surface area (Å²) in [6, 6.07) is 3.32. The summed E-state index contributed by atoms with van der Waals surface area (Å²) < 4.78 is 39.0. The highest BCUT2D eigenvalue weighted by Crippen LogP contribution is 2.34. The van der Waals surface area contributed by atoms with E-state index in [4.69, 9.17) is 0 Å². The fraction of sp³-hybridized carbons (Fsp3) is 0.0909. The Balaban J connectivity index is 2.31. The first-order valence-corrected chi connectivity index (χ1v) is 6.56. The molecule has 0 unspecified atom stereocenters. The Bertz CT molecular complexity index is 585. The van der Waals surface area contributed by atoms with E-state index in [1.807, 2.05) is 0 Å². The van der Waals surface area contributed by atoms with Gasteiger partial charge in [-0.2, -0.15) is 13.2 Å². The molecule has 0 saturated heterocycles. The van der Waals surface area contributed by atoms with Gasteiger partial charge in [-0.05, 0) is 50.1 Å². The van der Waals surface area contributed by atoms with Crippen molar-refractivity contribution >= 4 is 43.5 Å². The van der Waals surface area contributed by atoms with Gasteiger partial charge in [-0.3, -0.25) is 0 Å². The zero-order valence-electron chi connectivity index (χ0n) is 9.17. The maximum Gasteiger partial charge on any atom is 0.416 e. The van der Waals surface area contributed by atoms with E-state index in [0.29, 0.717) is 8.95 Å². The predicted molar refractivity (Wildman–Crippen MR) is 72.2 cm³/mol. The van der Waals surface area contributed by atoms with Crippen LogP contribution in [0.5, 0.6) is 0 Å². The molecule has 19 heavy (non-hydrogen) atoms. The van der Waals surface area contributed by atoms with Crippen LogP contribution in [0, 0.1) is 0 Å². The molecule has 1 N–H and O–H groups in total. The van der Waals surface area contributed by atoms with Gasteiger partial charge in [0.05, 0.1) is 15.7 Å². The summed E-state index contributed by atoms with van der Waals surface area (Å²) in [5.74, 6) is 0.211. The summed E-state index contributed by atoms with van der Waals surface area (Å²) in [6.45, 7) is 0. The van der Waals surface area contributed by atoms with Crippen molar-refractivity contribution in [1.29, 1.82) is 0 Å². The van der Waals surface area contributed by atoms with Crippen LogP contribution in [0.1, 0.15) is 5.56 Å². The molecular weight excluding hydrogens is 391 g/mol. The molecule has 8 heteroatoms. The van der Waals surface area contributed by atoms with Crippen molar-refractivity contribution in [3.8, 4) is 0 Å². The maximum absolute atomic E-state index is 12.6. The number of hydrogen-bond acceptors (Lipinski definition) is 3. The van der Waals surface area contributed by atoms with Gasteiger partial charge in [0, 0.05) is 16.9 Å². The minimum Gasteiger partial charge on any atom is -0.323 e. The third-order valence-electron chi connectivity index (χ3n) is 2.16. The van der Waals surface area contributed by atoms with Crippen LogP contribution in [-0.4, -0.2) is 9.97 Å². The van der Waals surface area contributed by atoms with Crippen molar-refractivity contribution < 1.29 is 13.2 Å². The summed E-state index contributed by atoms with van der Waals surface area (Å²) in [7, 11) is 0. The minimum atomic E-state index is -4.39. The molecule has 100 valence electrons. The average molecular weight is 397 g/mol. The molecule has 1 aromatic carbocycles. The molecule has 1 aromatic heterocycles. The largest absolute Gasteiger partial charge is 0.416 e. The summed E-state index contributed by atoms with van der Waals surface area (Å²) in [5, 5.41) is 2.72. The van der Waals surface area contributed by atoms with Crippen molar-refractivity contribution in [3.05, 3.63) is 45.1 Å². The van der Waals surface area contributed by atoms with Crippen LogP contribution in [0.4, 0.5) is 24.8 Å². The number of nitrogens with zero attached hydrogens (tertiary/aromatic N) is 2. The molecule has 0 fully saturated rings. The lowest BCUT2D eigenvalue weighted by atomic mass is 10.2. The Labute approximate surface area is 123 Å². The number of nitrogens with one attached hydrogen (secondary N) is 1. The average Bonchev–Trinajstić information content (AvgIpc) is 2.33. The van der Waals surface area contributed by atoms with Gasteiger partial charge in [-0.25, -0.2) is 9.97 Å². The number of rotatable bonds is 2. The third-order valence-corrected chi connectivity index (χ3v) is 3.26. The quantitative estimate of drug-likeness (QED) is 0.794. The highest BCUT2D eigenvalue weighted by molar-refractivity contribution is 9.10. The van der Waals surface area contributed by atoms with E-state index in [-0.39, 0.29) is 11.6 Å². The Morgan fingerprint density at radius 3 is 2.26 bits per heavy atom. The Morgan fingerprint density at radius 2 is 1.68 bits per heavy atom. The van der Waals surface area contributed by atoms with Gasteiger partial charge in [0.2, 0.25) is 5.95 Å². The van der Waals surface area contributed by atoms with Crippen LogP contribution in [0.15, 0.2) is 39.5 Å². The highest BCUT2D eigenvalue weighted by Gasteiger charge is 2.30. The second-order valence-corrected chi connectivity index (χ2v) is 5.31. The predicted octanol–water partition coefficient (Wildman–Crippen LogP) is 4.76. The van der Waals surface area contributed by atoms with Crippen molar-refractivity contribution in [2.45, 2.75) is 6.18 Å². The summed E-state index contributed by atoms with van der Waals surface area (Å²) >= 11 is 6.35. The Hall–Kier alpha value is -1.15. The van der Waals surface area contributed by atoms with Crippen LogP contribution in [0.25, 0.3) is 0 Å². The normalized spacial score (nSPS) is 11.4. The van der Waals surface area contributed by atoms with Crippen molar-refractivity contribution in [2.24, 2.45) is 0 Å². The van der Waals surface area contributed by atoms with Crippen LogP contribution < -0.4 is 5.32 Å². The Morgan fingerprint density at radius 1 is 1.05 bits per heavy atom. The van der Waals surface area contributed by atoms with Crippen LogP contribution in [0.2, 0.25) is 0 Å². The number of anilines is 2. The van der Waals surface area contributed by atoms with Crippen molar-refractivity contribution in [1.82, 2.24) is 9.97 Å². The van der Waals surface area contributed by atoms with E-state index in [9.17, 15) is 13.2 Å². The van der Waals surface area contributed by atoms with Gasteiger partial charge >= 0.3 is 6.18 Å². The zero-order valence-corrected chi connectivity index (χ0v) is 12.3. The van der Waals surface area contributed by atoms with E-state index in [1.165, 1.54) is 18.5 Å². The third kappa shape index (κ3) is 3.66. The van der Waals surface area contributed by atoms with Gasteiger partial charge in [-0.15, -0.1) is 0 Å². The lowest BCUT2D eigenvalue weighted by Crippen LogP contribution is -2.06. The molecule has 2 rings (SSSR count). The molecule has 2 aromatic rings. The van der Waals surface area contributed by atoms with Gasteiger partial charge in [0.1, 0.15) is 0 Å². The zero-order chi connectivity index (χ0) is 14.0. The SMILES string of the molecule is FC(F)(F)c1ccc(Br)c(Nc2ncc(Br)cn2)c1. The Kier molecular flexibility index (Phi) is 4.10. The first-order chi connectivity index (χ1) is 8.86. The molecule has 0 atom stereocenters. The molecule has 0 aliphatic carbocycles. The molecule has 0 radical (unpaired) electrons. The van der Waals surface area contributed by atoms with Gasteiger partial charge in [0.15, 0.2) is 0 Å². The molecule has 0 bridgehead atoms. The molecule has 0 amide bonds. The summed E-state index contributed by atoms with van der Waals surface area (Å²) in [6.07, 6.45) is -1.40. The van der Waals surface area contributed by atoms with E-state index in [0.717, 1.165) is 12.1 Å². The van der Waals surface area contributed by atoms with E-state index in [2.05, 4.69) is 47.1 Å². The fourth-order valence-electron chi connectivity index (χ4n) is 1.29. The summed E-state index contributed by atoms with van der Waals surface area (Å²) in [4.78, 5) is 7.87. The number of alkyl halides is 3. The molecular formula is C11H6Br2F3N3. The molecule has 1 heterocycles. The van der Waals surface area contributed by atoms with E-state index in [1.54, 1.807) is 0 Å². The van der Waals surface area contributed by atoms with Crippen molar-refractivity contribution in [3.63, 3.8) is 0 Å². The fourth-order valence-corrected chi connectivity index (χ4v) is 1.85. The lowest BCUT2D eigenvalue weighted by molar-refractivity contribution is -0.137. The second-order valence-electron chi connectivity index (χ2n) is 3.54. The highest BCUT2D eigenvalue weighted by atomic mass is 79.9. The van der Waals surface area contributed by atoms with E-state index >= 15 is 0 Å². The van der Waals surface area contributed by atoms with Crippen LogP contribution >= 0.6 is 31.9 Å². The molecule has 0 aliphatic rings. The molecule has 0 saturated carbocycles. The number of aromatic nitrogens is 2. The van der Waals surface area contributed by atoms with E-state index < -0.39 is 11.7 Å². The smallest absolute Gasteiger partial charge is 0.323 e. The molecule has 0 spiro atoms. The van der Waals surface area contributed by atoms with Gasteiger partial charge in [0.25, 0.3) is 0 Å². The lowest BCUT2D eigenvalue weighted by Gasteiger charge is -2.11. The maximum atomic E-state index is 12.6. The topological polar surface area (TPSA) is 37.8 Å². The number of halogens is 5. The van der Waals surface area contributed by atoms with Gasteiger partial charge < -0.3 is 5.32 Å². The van der Waals surface area contributed by atoms with Crippen LogP contribution in [-0.2, 0) is 6.18 Å².